The largest absolute Gasteiger partial charge is 0.493 e. The van der Waals surface area contributed by atoms with Gasteiger partial charge in [-0.3, -0.25) is 14.5 Å². The van der Waals surface area contributed by atoms with Crippen LogP contribution in [0.3, 0.4) is 0 Å². The van der Waals surface area contributed by atoms with E-state index in [4.69, 9.17) is 9.47 Å². The predicted octanol–water partition coefficient (Wildman–Crippen LogP) is 4.34. The molecular weight excluding hydrogens is 504 g/mol. The van der Waals surface area contributed by atoms with E-state index < -0.39 is 0 Å². The van der Waals surface area contributed by atoms with E-state index in [0.29, 0.717) is 43.0 Å². The third kappa shape index (κ3) is 6.22. The maximum atomic E-state index is 13.1. The molecule has 2 heterocycles. The Kier molecular flexibility index (Phi) is 8.54. The number of methoxy groups -OCH3 is 1. The van der Waals surface area contributed by atoms with Gasteiger partial charge in [0.05, 0.1) is 32.7 Å². The van der Waals surface area contributed by atoms with Gasteiger partial charge in [-0.15, -0.1) is 0 Å². The van der Waals surface area contributed by atoms with Gasteiger partial charge in [-0.25, -0.2) is 0 Å². The highest BCUT2D eigenvalue weighted by Gasteiger charge is 2.31. The van der Waals surface area contributed by atoms with Gasteiger partial charge in [-0.05, 0) is 93.0 Å². The summed E-state index contributed by atoms with van der Waals surface area (Å²) in [5, 5.41) is 0. The number of likely N-dealkylation sites (N-methyl/N-ethyl adjacent to an activating group) is 1. The lowest BCUT2D eigenvalue weighted by molar-refractivity contribution is -0.135. The Morgan fingerprint density at radius 3 is 2.27 bits per heavy atom. The molecule has 0 unspecified atom stereocenters. The Morgan fingerprint density at radius 1 is 0.925 bits per heavy atom. The van der Waals surface area contributed by atoms with Crippen molar-refractivity contribution in [3.05, 3.63) is 47.5 Å². The maximum absolute atomic E-state index is 13.1. The molecule has 2 amide bonds. The minimum atomic E-state index is 0.0375. The van der Waals surface area contributed by atoms with Crippen molar-refractivity contribution >= 4 is 23.2 Å². The van der Waals surface area contributed by atoms with Gasteiger partial charge in [-0.1, -0.05) is 0 Å². The number of carbonyl (C=O) groups is 2. The number of piperazine rings is 1. The number of hydrogen-bond acceptors (Lipinski definition) is 6. The molecule has 1 saturated heterocycles. The van der Waals surface area contributed by atoms with Gasteiger partial charge in [0.1, 0.15) is 0 Å². The Hall–Kier alpha value is -3.26. The third-order valence-corrected chi connectivity index (χ3v) is 8.77. The number of nitrogens with zero attached hydrogens (tertiary/aromatic N) is 4. The fourth-order valence-corrected chi connectivity index (χ4v) is 6.37. The molecule has 216 valence electrons. The molecule has 2 fully saturated rings. The Balaban J connectivity index is 1.18. The number of anilines is 2. The van der Waals surface area contributed by atoms with Crippen LogP contribution in [0, 0.1) is 5.92 Å². The van der Waals surface area contributed by atoms with Crippen LogP contribution >= 0.6 is 0 Å². The molecule has 2 aromatic carbocycles. The summed E-state index contributed by atoms with van der Waals surface area (Å²) >= 11 is 0. The molecule has 0 N–H and O–H groups in total. The Bertz CT molecular complexity index is 1210. The first-order chi connectivity index (χ1) is 19.2. The van der Waals surface area contributed by atoms with Crippen molar-refractivity contribution in [3.8, 4) is 11.5 Å². The smallest absolute Gasteiger partial charge is 0.236 e. The fraction of sp³-hybridized carbons (Fsp3) is 0.562. The van der Waals surface area contributed by atoms with Gasteiger partial charge in [0.25, 0.3) is 0 Å². The number of amides is 2. The van der Waals surface area contributed by atoms with E-state index in [2.05, 4.69) is 41.1 Å². The van der Waals surface area contributed by atoms with Crippen LogP contribution in [0.25, 0.3) is 0 Å². The van der Waals surface area contributed by atoms with Gasteiger partial charge in [-0.2, -0.15) is 0 Å². The molecule has 8 nitrogen and oxygen atoms in total. The lowest BCUT2D eigenvalue weighted by atomic mass is 9.84. The summed E-state index contributed by atoms with van der Waals surface area (Å²) in [4.78, 5) is 33.7. The molecule has 5 rings (SSSR count). The van der Waals surface area contributed by atoms with E-state index in [9.17, 15) is 9.59 Å². The molecule has 3 aliphatic rings. The molecule has 0 bridgehead atoms. The first-order valence-electron chi connectivity index (χ1n) is 14.7. The van der Waals surface area contributed by atoms with Gasteiger partial charge in [0.15, 0.2) is 11.5 Å². The number of fused-ring (bicyclic) bond motifs is 1. The van der Waals surface area contributed by atoms with Gasteiger partial charge >= 0.3 is 0 Å². The maximum Gasteiger partial charge on any atom is 0.236 e. The van der Waals surface area contributed by atoms with E-state index in [1.54, 1.807) is 7.11 Å². The average Bonchev–Trinajstić information content (AvgIpc) is 2.94. The van der Waals surface area contributed by atoms with Crippen molar-refractivity contribution in [2.24, 2.45) is 5.92 Å². The molecule has 0 atom stereocenters. The van der Waals surface area contributed by atoms with Crippen molar-refractivity contribution in [3.63, 3.8) is 0 Å². The van der Waals surface area contributed by atoms with Crippen molar-refractivity contribution in [2.75, 3.05) is 57.2 Å². The summed E-state index contributed by atoms with van der Waals surface area (Å²) < 4.78 is 11.5. The molecule has 1 saturated carbocycles. The second-order valence-electron chi connectivity index (χ2n) is 12.0. The SMILES string of the molecule is COc1cc2c(cc1OC(C)C)CN(c1ccc(N(C)C[C@H]3CC[C@H](N4CCN(C)C(=O)C4)CC3)cc1)C(=O)C2. The second-order valence-corrected chi connectivity index (χ2v) is 12.0. The lowest BCUT2D eigenvalue weighted by Gasteiger charge is -2.41. The molecule has 2 aromatic rings. The second kappa shape index (κ2) is 12.1. The number of benzene rings is 2. The molecule has 1 aliphatic carbocycles. The number of rotatable bonds is 8. The van der Waals surface area contributed by atoms with Crippen LogP contribution in [0.5, 0.6) is 11.5 Å². The van der Waals surface area contributed by atoms with E-state index >= 15 is 0 Å². The zero-order chi connectivity index (χ0) is 28.4. The summed E-state index contributed by atoms with van der Waals surface area (Å²) in [5.41, 5.74) is 4.17. The molecule has 0 radical (unpaired) electrons. The third-order valence-electron chi connectivity index (χ3n) is 8.77. The van der Waals surface area contributed by atoms with Crippen molar-refractivity contribution in [1.29, 1.82) is 0 Å². The Morgan fingerprint density at radius 2 is 1.62 bits per heavy atom. The van der Waals surface area contributed by atoms with Crippen LogP contribution in [0.2, 0.25) is 0 Å². The fourth-order valence-electron chi connectivity index (χ4n) is 6.37. The minimum Gasteiger partial charge on any atom is -0.493 e. The number of carbonyl (C=O) groups excluding carboxylic acids is 2. The summed E-state index contributed by atoms with van der Waals surface area (Å²) in [7, 11) is 5.69. The highest BCUT2D eigenvalue weighted by Crippen LogP contribution is 2.36. The van der Waals surface area contributed by atoms with Crippen LogP contribution in [-0.2, 0) is 22.6 Å². The predicted molar refractivity (Wildman–Crippen MR) is 158 cm³/mol. The molecule has 40 heavy (non-hydrogen) atoms. The molecule has 2 aliphatic heterocycles. The van der Waals surface area contributed by atoms with Gasteiger partial charge in [0, 0.05) is 51.1 Å². The van der Waals surface area contributed by atoms with Crippen LogP contribution < -0.4 is 19.3 Å². The summed E-state index contributed by atoms with van der Waals surface area (Å²) in [5.74, 6) is 2.38. The minimum absolute atomic E-state index is 0.0375. The zero-order valence-electron chi connectivity index (χ0n) is 24.7. The topological polar surface area (TPSA) is 65.6 Å². The van der Waals surface area contributed by atoms with Crippen LogP contribution in [0.1, 0.15) is 50.7 Å². The van der Waals surface area contributed by atoms with Crippen molar-refractivity contribution < 1.29 is 19.1 Å². The van der Waals surface area contributed by atoms with Crippen LogP contribution in [0.15, 0.2) is 36.4 Å². The van der Waals surface area contributed by atoms with Crippen molar-refractivity contribution in [2.45, 2.75) is 64.6 Å². The molecule has 0 aromatic heterocycles. The number of hydrogen-bond donors (Lipinski definition) is 0. The summed E-state index contributed by atoms with van der Waals surface area (Å²) in [6.45, 7) is 7.94. The number of ether oxygens (including phenoxy) is 2. The Labute approximate surface area is 238 Å². The normalized spacial score (nSPS) is 21.9. The van der Waals surface area contributed by atoms with E-state index in [1.165, 1.54) is 25.7 Å². The summed E-state index contributed by atoms with van der Waals surface area (Å²) in [6.07, 6.45) is 5.12. The molecular formula is C32H44N4O4. The monoisotopic (exact) mass is 548 g/mol. The van der Waals surface area contributed by atoms with Crippen molar-refractivity contribution in [1.82, 2.24) is 9.80 Å². The molecule has 0 spiro atoms. The zero-order valence-corrected chi connectivity index (χ0v) is 24.7. The standard InChI is InChI=1S/C32H44N4O4/c1-22(2)40-30-17-25-20-36(31(37)18-24(25)16-29(30)39-5)28-12-10-26(11-13-28)34(4)19-23-6-8-27(9-7-23)35-15-14-33(3)32(38)21-35/h10-13,16-17,22-23,27H,6-9,14-15,18-21H2,1-5H3/t23-,27-. The van der Waals surface area contributed by atoms with E-state index in [-0.39, 0.29) is 17.9 Å². The quantitative estimate of drug-likeness (QED) is 0.489. The lowest BCUT2D eigenvalue weighted by Crippen LogP contribution is -2.53. The highest BCUT2D eigenvalue weighted by molar-refractivity contribution is 5.96. The van der Waals surface area contributed by atoms with Gasteiger partial charge in [0.2, 0.25) is 11.8 Å². The van der Waals surface area contributed by atoms with E-state index in [0.717, 1.165) is 42.1 Å². The van der Waals surface area contributed by atoms with Crippen LogP contribution in [-0.4, -0.2) is 81.1 Å². The van der Waals surface area contributed by atoms with Crippen LogP contribution in [0.4, 0.5) is 11.4 Å². The molecule has 8 heteroatoms. The highest BCUT2D eigenvalue weighted by atomic mass is 16.5. The first kappa shape index (κ1) is 28.3. The van der Waals surface area contributed by atoms with E-state index in [1.807, 2.05) is 42.8 Å². The average molecular weight is 549 g/mol. The van der Waals surface area contributed by atoms with Gasteiger partial charge < -0.3 is 24.2 Å². The summed E-state index contributed by atoms with van der Waals surface area (Å²) in [6, 6.07) is 12.9. The first-order valence-corrected chi connectivity index (χ1v) is 14.7.